The maximum atomic E-state index is 5.42. The van der Waals surface area contributed by atoms with Crippen molar-refractivity contribution in [2.45, 2.75) is 39.7 Å². The van der Waals surface area contributed by atoms with E-state index in [1.54, 1.807) is 0 Å². The van der Waals surface area contributed by atoms with Crippen molar-refractivity contribution < 1.29 is 4.74 Å². The zero-order chi connectivity index (χ0) is 10.2. The fourth-order valence-electron chi connectivity index (χ4n) is 2.84. The topological polar surface area (TPSA) is 12.5 Å². The van der Waals surface area contributed by atoms with Crippen LogP contribution in [0.4, 0.5) is 0 Å². The molecule has 2 nitrogen and oxygen atoms in total. The van der Waals surface area contributed by atoms with Crippen molar-refractivity contribution >= 4 is 0 Å². The van der Waals surface area contributed by atoms with E-state index in [4.69, 9.17) is 4.74 Å². The average molecular weight is 197 g/mol. The number of hydrogen-bond donors (Lipinski definition) is 0. The number of ether oxygens (including phenoxy) is 1. The van der Waals surface area contributed by atoms with Crippen LogP contribution >= 0.6 is 0 Å². The third kappa shape index (κ3) is 1.96. The van der Waals surface area contributed by atoms with Crippen molar-refractivity contribution in [1.29, 1.82) is 0 Å². The molecule has 0 saturated carbocycles. The highest BCUT2D eigenvalue weighted by Gasteiger charge is 2.42. The molecule has 0 N–H and O–H groups in total. The molecule has 0 aromatic carbocycles. The molecule has 2 heterocycles. The van der Waals surface area contributed by atoms with Gasteiger partial charge >= 0.3 is 0 Å². The van der Waals surface area contributed by atoms with Gasteiger partial charge in [-0.25, -0.2) is 0 Å². The van der Waals surface area contributed by atoms with Gasteiger partial charge in [0.1, 0.15) is 0 Å². The minimum absolute atomic E-state index is 0.514. The molecule has 0 bridgehead atoms. The molecule has 2 saturated heterocycles. The summed E-state index contributed by atoms with van der Waals surface area (Å²) in [6.07, 6.45) is 2.73. The SMILES string of the molecule is CC1CCN(C(C)C)CC2(COC2)C1. The van der Waals surface area contributed by atoms with Crippen molar-refractivity contribution in [3.8, 4) is 0 Å². The molecular formula is C12H23NO. The minimum Gasteiger partial charge on any atom is -0.380 e. The van der Waals surface area contributed by atoms with Crippen LogP contribution in [0.15, 0.2) is 0 Å². The fourth-order valence-corrected chi connectivity index (χ4v) is 2.84. The van der Waals surface area contributed by atoms with Crippen molar-refractivity contribution in [1.82, 2.24) is 4.90 Å². The van der Waals surface area contributed by atoms with Gasteiger partial charge in [-0.3, -0.25) is 0 Å². The fraction of sp³-hybridized carbons (Fsp3) is 1.00. The van der Waals surface area contributed by atoms with E-state index in [1.165, 1.54) is 25.9 Å². The van der Waals surface area contributed by atoms with E-state index in [0.29, 0.717) is 11.5 Å². The summed E-state index contributed by atoms with van der Waals surface area (Å²) >= 11 is 0. The standard InChI is InChI=1S/C12H23NO/c1-10(2)13-5-4-11(3)6-12(7-13)8-14-9-12/h10-11H,4-9H2,1-3H3. The van der Waals surface area contributed by atoms with Crippen LogP contribution in [-0.4, -0.2) is 37.2 Å². The Morgan fingerprint density at radius 3 is 2.57 bits per heavy atom. The Morgan fingerprint density at radius 2 is 2.07 bits per heavy atom. The van der Waals surface area contributed by atoms with E-state index in [0.717, 1.165) is 19.1 Å². The largest absolute Gasteiger partial charge is 0.380 e. The van der Waals surface area contributed by atoms with Crippen LogP contribution in [0, 0.1) is 11.3 Å². The van der Waals surface area contributed by atoms with Crippen LogP contribution < -0.4 is 0 Å². The van der Waals surface area contributed by atoms with E-state index < -0.39 is 0 Å². The van der Waals surface area contributed by atoms with E-state index in [1.807, 2.05) is 0 Å². The maximum Gasteiger partial charge on any atom is 0.0557 e. The predicted molar refractivity (Wildman–Crippen MR) is 58.4 cm³/mol. The lowest BCUT2D eigenvalue weighted by Gasteiger charge is -2.44. The number of nitrogens with zero attached hydrogens (tertiary/aromatic N) is 1. The third-order valence-electron chi connectivity index (χ3n) is 3.78. The Hall–Kier alpha value is -0.0800. The van der Waals surface area contributed by atoms with Crippen LogP contribution in [0.25, 0.3) is 0 Å². The summed E-state index contributed by atoms with van der Waals surface area (Å²) in [5, 5.41) is 0. The van der Waals surface area contributed by atoms with Crippen molar-refractivity contribution in [3.63, 3.8) is 0 Å². The molecule has 2 fully saturated rings. The Labute approximate surface area is 87.6 Å². The normalized spacial score (nSPS) is 33.0. The molecule has 1 spiro atoms. The Bertz CT molecular complexity index is 198. The summed E-state index contributed by atoms with van der Waals surface area (Å²) in [5.41, 5.74) is 0.514. The summed E-state index contributed by atoms with van der Waals surface area (Å²) in [5.74, 6) is 0.877. The van der Waals surface area contributed by atoms with Gasteiger partial charge < -0.3 is 9.64 Å². The summed E-state index contributed by atoms with van der Waals surface area (Å²) in [4.78, 5) is 2.63. The molecule has 2 aliphatic heterocycles. The predicted octanol–water partition coefficient (Wildman–Crippen LogP) is 2.14. The van der Waals surface area contributed by atoms with Crippen LogP contribution in [0.5, 0.6) is 0 Å². The Kier molecular flexibility index (Phi) is 2.85. The first-order valence-electron chi connectivity index (χ1n) is 5.93. The number of likely N-dealkylation sites (tertiary alicyclic amines) is 1. The van der Waals surface area contributed by atoms with Gasteiger partial charge in [0.15, 0.2) is 0 Å². The molecule has 82 valence electrons. The van der Waals surface area contributed by atoms with Gasteiger partial charge in [0.2, 0.25) is 0 Å². The molecule has 1 atom stereocenters. The zero-order valence-electron chi connectivity index (χ0n) is 9.75. The molecule has 2 heteroatoms. The lowest BCUT2D eigenvalue weighted by atomic mass is 9.78. The first-order valence-corrected chi connectivity index (χ1v) is 5.93. The van der Waals surface area contributed by atoms with Crippen molar-refractivity contribution in [2.75, 3.05) is 26.3 Å². The summed E-state index contributed by atoms with van der Waals surface area (Å²) in [6.45, 7) is 11.5. The molecule has 0 aliphatic carbocycles. The Morgan fingerprint density at radius 1 is 1.36 bits per heavy atom. The van der Waals surface area contributed by atoms with Gasteiger partial charge in [-0.1, -0.05) is 6.92 Å². The highest BCUT2D eigenvalue weighted by atomic mass is 16.5. The quantitative estimate of drug-likeness (QED) is 0.638. The second-order valence-electron chi connectivity index (χ2n) is 5.65. The lowest BCUT2D eigenvalue weighted by molar-refractivity contribution is -0.132. The molecule has 1 unspecified atom stereocenters. The maximum absolute atomic E-state index is 5.42. The molecule has 0 radical (unpaired) electrons. The molecule has 2 rings (SSSR count). The van der Waals surface area contributed by atoms with Crippen LogP contribution in [0.1, 0.15) is 33.6 Å². The minimum atomic E-state index is 0.514. The van der Waals surface area contributed by atoms with E-state index in [-0.39, 0.29) is 0 Å². The van der Waals surface area contributed by atoms with Crippen molar-refractivity contribution in [2.24, 2.45) is 11.3 Å². The van der Waals surface area contributed by atoms with Crippen LogP contribution in [-0.2, 0) is 4.74 Å². The number of rotatable bonds is 1. The lowest BCUT2D eigenvalue weighted by Crippen LogP contribution is -2.51. The average Bonchev–Trinajstić information content (AvgIpc) is 2.23. The van der Waals surface area contributed by atoms with Gasteiger partial charge in [0.05, 0.1) is 13.2 Å². The first-order chi connectivity index (χ1) is 6.61. The third-order valence-corrected chi connectivity index (χ3v) is 3.78. The molecule has 0 amide bonds. The summed E-state index contributed by atoms with van der Waals surface area (Å²) in [6, 6.07) is 0.692. The first kappa shape index (κ1) is 10.4. The molecule has 0 aromatic rings. The molecule has 0 aromatic heterocycles. The van der Waals surface area contributed by atoms with E-state index >= 15 is 0 Å². The van der Waals surface area contributed by atoms with E-state index in [2.05, 4.69) is 25.7 Å². The highest BCUT2D eigenvalue weighted by Crippen LogP contribution is 2.39. The highest BCUT2D eigenvalue weighted by molar-refractivity contribution is 4.92. The second-order valence-corrected chi connectivity index (χ2v) is 5.65. The Balaban J connectivity index is 2.03. The molecule has 14 heavy (non-hydrogen) atoms. The van der Waals surface area contributed by atoms with Gasteiger partial charge in [-0.15, -0.1) is 0 Å². The monoisotopic (exact) mass is 197 g/mol. The summed E-state index contributed by atoms with van der Waals surface area (Å²) < 4.78 is 5.42. The van der Waals surface area contributed by atoms with E-state index in [9.17, 15) is 0 Å². The van der Waals surface area contributed by atoms with Gasteiger partial charge in [0, 0.05) is 18.0 Å². The summed E-state index contributed by atoms with van der Waals surface area (Å²) in [7, 11) is 0. The van der Waals surface area contributed by atoms with Gasteiger partial charge in [-0.05, 0) is 39.2 Å². The van der Waals surface area contributed by atoms with Crippen molar-refractivity contribution in [3.05, 3.63) is 0 Å². The second kappa shape index (κ2) is 3.82. The van der Waals surface area contributed by atoms with Crippen LogP contribution in [0.2, 0.25) is 0 Å². The zero-order valence-corrected chi connectivity index (χ0v) is 9.75. The van der Waals surface area contributed by atoms with Gasteiger partial charge in [0.25, 0.3) is 0 Å². The molecular weight excluding hydrogens is 174 g/mol. The smallest absolute Gasteiger partial charge is 0.0557 e. The number of hydrogen-bond acceptors (Lipinski definition) is 2. The van der Waals surface area contributed by atoms with Crippen LogP contribution in [0.3, 0.4) is 0 Å². The molecule has 2 aliphatic rings. The van der Waals surface area contributed by atoms with Gasteiger partial charge in [-0.2, -0.15) is 0 Å².